The van der Waals surface area contributed by atoms with Gasteiger partial charge in [0.25, 0.3) is 0 Å². The summed E-state index contributed by atoms with van der Waals surface area (Å²) in [4.78, 5) is 0. The average Bonchev–Trinajstić information content (AvgIpc) is 2.37. The van der Waals surface area contributed by atoms with Crippen LogP contribution < -0.4 is 0 Å². The summed E-state index contributed by atoms with van der Waals surface area (Å²) in [6, 6.07) is 4.89. The molecule has 0 amide bonds. The molecule has 1 N–H and O–H groups in total. The lowest BCUT2D eigenvalue weighted by Gasteiger charge is -2.33. The van der Waals surface area contributed by atoms with Crippen LogP contribution in [-0.2, 0) is 0 Å². The van der Waals surface area contributed by atoms with Crippen LogP contribution >= 0.6 is 0 Å². The van der Waals surface area contributed by atoms with E-state index in [9.17, 15) is 9.50 Å². The molecule has 1 nitrogen and oxygen atoms in total. The summed E-state index contributed by atoms with van der Waals surface area (Å²) in [6.07, 6.45) is 3.98. The predicted octanol–water partition coefficient (Wildman–Crippen LogP) is 4.63. The first-order valence-electron chi connectivity index (χ1n) is 7.42. The van der Waals surface area contributed by atoms with E-state index in [4.69, 9.17) is 0 Å². The van der Waals surface area contributed by atoms with Gasteiger partial charge in [-0.05, 0) is 73.6 Å². The number of hydrogen-bond acceptors (Lipinski definition) is 1. The quantitative estimate of drug-likeness (QED) is 0.844. The monoisotopic (exact) mass is 264 g/mol. The third-order valence-corrected chi connectivity index (χ3v) is 4.61. The fourth-order valence-electron chi connectivity index (χ4n) is 3.33. The molecule has 19 heavy (non-hydrogen) atoms. The lowest BCUT2D eigenvalue weighted by atomic mass is 9.74. The normalized spacial score (nSPS) is 25.6. The first-order chi connectivity index (χ1) is 8.97. The fraction of sp³-hybridized carbons (Fsp3) is 0.647. The van der Waals surface area contributed by atoms with Gasteiger partial charge in [0.15, 0.2) is 0 Å². The second-order valence-corrected chi connectivity index (χ2v) is 6.43. The summed E-state index contributed by atoms with van der Waals surface area (Å²) in [5, 5.41) is 10.5. The molecule has 0 aromatic heterocycles. The molecule has 2 rings (SSSR count). The molecule has 1 aromatic carbocycles. The smallest absolute Gasteiger partial charge is 0.123 e. The van der Waals surface area contributed by atoms with E-state index in [1.807, 2.05) is 13.0 Å². The summed E-state index contributed by atoms with van der Waals surface area (Å²) in [6.45, 7) is 6.42. The van der Waals surface area contributed by atoms with Crippen LogP contribution in [0.3, 0.4) is 0 Å². The van der Waals surface area contributed by atoms with Crippen molar-refractivity contribution in [3.8, 4) is 0 Å². The Kier molecular flexibility index (Phi) is 4.62. The van der Waals surface area contributed by atoms with E-state index in [1.54, 1.807) is 0 Å². The van der Waals surface area contributed by atoms with Crippen molar-refractivity contribution < 1.29 is 9.50 Å². The van der Waals surface area contributed by atoms with Crippen LogP contribution in [0.2, 0.25) is 0 Å². The highest BCUT2D eigenvalue weighted by Crippen LogP contribution is 2.39. The van der Waals surface area contributed by atoms with Crippen molar-refractivity contribution in [1.82, 2.24) is 0 Å². The average molecular weight is 264 g/mol. The van der Waals surface area contributed by atoms with Crippen LogP contribution in [0.25, 0.3) is 0 Å². The van der Waals surface area contributed by atoms with Gasteiger partial charge in [0.2, 0.25) is 0 Å². The van der Waals surface area contributed by atoms with Gasteiger partial charge in [-0.3, -0.25) is 0 Å². The molecule has 1 atom stereocenters. The summed E-state index contributed by atoms with van der Waals surface area (Å²) in [5.41, 5.74) is 1.62. The molecule has 1 aliphatic carbocycles. The number of halogens is 1. The van der Waals surface area contributed by atoms with Crippen molar-refractivity contribution in [3.63, 3.8) is 0 Å². The Morgan fingerprint density at radius 1 is 1.05 bits per heavy atom. The number of hydrogen-bond donors (Lipinski definition) is 1. The van der Waals surface area contributed by atoms with Crippen LogP contribution in [-0.4, -0.2) is 5.11 Å². The maximum Gasteiger partial charge on any atom is 0.123 e. The Bertz CT molecular complexity index is 399. The lowest BCUT2D eigenvalue weighted by Crippen LogP contribution is -2.23. The van der Waals surface area contributed by atoms with Crippen LogP contribution in [0.5, 0.6) is 0 Å². The van der Waals surface area contributed by atoms with Gasteiger partial charge < -0.3 is 5.11 Å². The van der Waals surface area contributed by atoms with Crippen LogP contribution in [0.4, 0.5) is 4.39 Å². The van der Waals surface area contributed by atoms with Crippen molar-refractivity contribution >= 4 is 0 Å². The van der Waals surface area contributed by atoms with Gasteiger partial charge in [0.1, 0.15) is 5.82 Å². The molecule has 0 bridgehead atoms. The van der Waals surface area contributed by atoms with Gasteiger partial charge in [-0.2, -0.15) is 0 Å². The highest BCUT2D eigenvalue weighted by atomic mass is 19.1. The molecule has 0 saturated heterocycles. The van der Waals surface area contributed by atoms with E-state index < -0.39 is 6.10 Å². The molecule has 0 radical (unpaired) electrons. The van der Waals surface area contributed by atoms with Gasteiger partial charge in [-0.1, -0.05) is 19.9 Å². The van der Waals surface area contributed by atoms with E-state index in [1.165, 1.54) is 25.0 Å². The zero-order valence-corrected chi connectivity index (χ0v) is 12.2. The molecule has 0 spiro atoms. The minimum atomic E-state index is -0.512. The van der Waals surface area contributed by atoms with E-state index in [-0.39, 0.29) is 11.7 Å². The molecular weight excluding hydrogens is 239 g/mol. The number of aliphatic hydroxyl groups excluding tert-OH is 1. The Hall–Kier alpha value is -0.890. The summed E-state index contributed by atoms with van der Waals surface area (Å²) < 4.78 is 13.4. The molecule has 2 heteroatoms. The minimum absolute atomic E-state index is 0.245. The largest absolute Gasteiger partial charge is 0.388 e. The number of aliphatic hydroxyl groups is 1. The SMILES string of the molecule is Cc1cc(F)cc(C(O)C2CCC(C(C)C)CC2)c1. The Morgan fingerprint density at radius 3 is 2.16 bits per heavy atom. The van der Waals surface area contributed by atoms with Crippen LogP contribution in [0.1, 0.15) is 56.8 Å². The maximum absolute atomic E-state index is 13.4. The topological polar surface area (TPSA) is 20.2 Å². The second-order valence-electron chi connectivity index (χ2n) is 6.43. The molecule has 0 aliphatic heterocycles. The summed E-state index contributed by atoms with van der Waals surface area (Å²) in [5.74, 6) is 1.56. The Labute approximate surface area is 115 Å². The molecular formula is C17H25FO. The lowest BCUT2D eigenvalue weighted by molar-refractivity contribution is 0.0665. The first-order valence-corrected chi connectivity index (χ1v) is 7.42. The summed E-state index contributed by atoms with van der Waals surface area (Å²) in [7, 11) is 0. The minimum Gasteiger partial charge on any atom is -0.388 e. The van der Waals surface area contributed by atoms with E-state index in [0.717, 1.165) is 35.8 Å². The van der Waals surface area contributed by atoms with Crippen LogP contribution in [0, 0.1) is 30.5 Å². The Morgan fingerprint density at radius 2 is 1.63 bits per heavy atom. The predicted molar refractivity (Wildman–Crippen MR) is 76.4 cm³/mol. The van der Waals surface area contributed by atoms with Gasteiger partial charge in [0, 0.05) is 0 Å². The number of benzene rings is 1. The number of rotatable bonds is 3. The molecule has 1 fully saturated rings. The zero-order valence-electron chi connectivity index (χ0n) is 12.2. The molecule has 1 saturated carbocycles. The van der Waals surface area contributed by atoms with Gasteiger partial charge >= 0.3 is 0 Å². The van der Waals surface area contributed by atoms with Gasteiger partial charge in [-0.15, -0.1) is 0 Å². The van der Waals surface area contributed by atoms with Crippen molar-refractivity contribution in [2.75, 3.05) is 0 Å². The molecule has 1 unspecified atom stereocenters. The number of aryl methyl sites for hydroxylation is 1. The Balaban J connectivity index is 2.02. The highest BCUT2D eigenvalue weighted by Gasteiger charge is 2.28. The standard InChI is InChI=1S/C17H25FO/c1-11(2)13-4-6-14(7-5-13)17(19)15-8-12(3)9-16(18)10-15/h8-11,13-14,17,19H,4-7H2,1-3H3. The maximum atomic E-state index is 13.4. The summed E-state index contributed by atoms with van der Waals surface area (Å²) >= 11 is 0. The molecule has 0 heterocycles. The third-order valence-electron chi connectivity index (χ3n) is 4.61. The van der Waals surface area contributed by atoms with E-state index in [2.05, 4.69) is 13.8 Å². The van der Waals surface area contributed by atoms with Gasteiger partial charge in [0.05, 0.1) is 6.10 Å². The van der Waals surface area contributed by atoms with Crippen LogP contribution in [0.15, 0.2) is 18.2 Å². The fourth-order valence-corrected chi connectivity index (χ4v) is 3.33. The van der Waals surface area contributed by atoms with Gasteiger partial charge in [-0.25, -0.2) is 4.39 Å². The first kappa shape index (κ1) is 14.5. The van der Waals surface area contributed by atoms with Crippen molar-refractivity contribution in [3.05, 3.63) is 35.1 Å². The van der Waals surface area contributed by atoms with Crippen molar-refractivity contribution in [2.45, 2.75) is 52.6 Å². The van der Waals surface area contributed by atoms with Crippen molar-refractivity contribution in [2.24, 2.45) is 17.8 Å². The van der Waals surface area contributed by atoms with Crippen molar-refractivity contribution in [1.29, 1.82) is 0 Å². The molecule has 1 aliphatic rings. The molecule has 106 valence electrons. The van der Waals surface area contributed by atoms with E-state index in [0.29, 0.717) is 0 Å². The second kappa shape index (κ2) is 6.04. The zero-order chi connectivity index (χ0) is 14.0. The molecule has 1 aromatic rings. The highest BCUT2D eigenvalue weighted by molar-refractivity contribution is 5.25. The van der Waals surface area contributed by atoms with E-state index >= 15 is 0 Å². The third kappa shape index (κ3) is 3.56.